The van der Waals surface area contributed by atoms with Crippen LogP contribution >= 0.6 is 0 Å². The van der Waals surface area contributed by atoms with Crippen molar-refractivity contribution in [2.45, 2.75) is 39.3 Å². The molecule has 3 aromatic rings. The average molecular weight is 502 g/mol. The summed E-state index contributed by atoms with van der Waals surface area (Å²) in [6.07, 6.45) is 1.63. The maximum atomic E-state index is 13.6. The Hall–Kier alpha value is -3.71. The molecule has 37 heavy (non-hydrogen) atoms. The van der Waals surface area contributed by atoms with Gasteiger partial charge in [-0.1, -0.05) is 67.1 Å². The summed E-state index contributed by atoms with van der Waals surface area (Å²) in [5.41, 5.74) is 4.22. The molecule has 0 unspecified atom stereocenters. The van der Waals surface area contributed by atoms with Gasteiger partial charge >= 0.3 is 0 Å². The number of ether oxygens (including phenoxy) is 1. The molecule has 0 saturated heterocycles. The summed E-state index contributed by atoms with van der Waals surface area (Å²) in [7, 11) is 1.77. The first-order valence-electron chi connectivity index (χ1n) is 12.7. The Morgan fingerprint density at radius 1 is 1.16 bits per heavy atom. The van der Waals surface area contributed by atoms with Crippen LogP contribution in [-0.4, -0.2) is 70.6 Å². The quantitative estimate of drug-likeness (QED) is 0.530. The van der Waals surface area contributed by atoms with Gasteiger partial charge in [-0.2, -0.15) is 0 Å². The lowest BCUT2D eigenvalue weighted by atomic mass is 9.98. The summed E-state index contributed by atoms with van der Waals surface area (Å²) in [6, 6.07) is 19.1. The van der Waals surface area contributed by atoms with Crippen molar-refractivity contribution in [3.05, 3.63) is 83.6 Å². The topological polar surface area (TPSA) is 83.0 Å². The van der Waals surface area contributed by atoms with Gasteiger partial charge in [-0.25, -0.2) is 4.98 Å². The molecule has 1 N–H and O–H groups in total. The zero-order valence-corrected chi connectivity index (χ0v) is 21.9. The fourth-order valence-corrected chi connectivity index (χ4v) is 4.50. The fraction of sp³-hybridized carbons (Fsp3) is 0.367. The molecule has 0 bridgehead atoms. The van der Waals surface area contributed by atoms with Crippen molar-refractivity contribution in [2.24, 2.45) is 5.92 Å². The van der Waals surface area contributed by atoms with Crippen molar-refractivity contribution in [1.29, 1.82) is 0 Å². The number of aryl methyl sites for hydroxylation is 1. The van der Waals surface area contributed by atoms with Crippen LogP contribution in [0, 0.1) is 12.8 Å². The third kappa shape index (κ3) is 6.17. The van der Waals surface area contributed by atoms with Gasteiger partial charge < -0.3 is 19.6 Å². The van der Waals surface area contributed by atoms with Crippen LogP contribution in [-0.2, 0) is 11.2 Å². The number of aromatic nitrogens is 1. The molecule has 0 aliphatic carbocycles. The van der Waals surface area contributed by atoms with Crippen LogP contribution in [0.5, 0.6) is 5.88 Å². The van der Waals surface area contributed by atoms with E-state index in [2.05, 4.69) is 4.98 Å². The minimum Gasteiger partial charge on any atom is -0.472 e. The molecule has 7 nitrogen and oxygen atoms in total. The zero-order chi connectivity index (χ0) is 26.5. The number of carbonyl (C=O) groups excluding carboxylic acids is 2. The number of likely N-dealkylation sites (N-methyl/N-ethyl adjacent to an activating group) is 1. The summed E-state index contributed by atoms with van der Waals surface area (Å²) in [6.45, 7) is 6.44. The first-order chi connectivity index (χ1) is 17.8. The Kier molecular flexibility index (Phi) is 8.24. The van der Waals surface area contributed by atoms with Crippen molar-refractivity contribution in [3.8, 4) is 17.0 Å². The molecule has 1 aliphatic heterocycles. The first kappa shape index (κ1) is 26.4. The Bertz CT molecular complexity index is 1230. The van der Waals surface area contributed by atoms with E-state index in [-0.39, 0.29) is 42.4 Å². The second kappa shape index (κ2) is 11.6. The summed E-state index contributed by atoms with van der Waals surface area (Å²) >= 11 is 0. The average Bonchev–Trinajstić information content (AvgIpc) is 2.91. The first-order valence-corrected chi connectivity index (χ1v) is 12.7. The Labute approximate surface area is 218 Å². The van der Waals surface area contributed by atoms with Gasteiger partial charge in [0.05, 0.1) is 25.6 Å². The highest BCUT2D eigenvalue weighted by Gasteiger charge is 2.34. The number of hydrogen-bond acceptors (Lipinski definition) is 5. The number of aliphatic hydroxyl groups is 1. The largest absolute Gasteiger partial charge is 0.472 e. The fourth-order valence-electron chi connectivity index (χ4n) is 4.50. The van der Waals surface area contributed by atoms with Gasteiger partial charge in [-0.3, -0.25) is 9.59 Å². The molecule has 0 fully saturated rings. The van der Waals surface area contributed by atoms with E-state index >= 15 is 0 Å². The monoisotopic (exact) mass is 501 g/mol. The molecule has 4 rings (SSSR count). The third-order valence-corrected chi connectivity index (χ3v) is 6.98. The number of aliphatic hydroxyl groups excluding tert-OH is 1. The highest BCUT2D eigenvalue weighted by molar-refractivity contribution is 5.98. The van der Waals surface area contributed by atoms with Gasteiger partial charge in [0.25, 0.3) is 5.91 Å². The second-order valence-electron chi connectivity index (χ2n) is 10.0. The predicted octanol–water partition coefficient (Wildman–Crippen LogP) is 3.98. The summed E-state index contributed by atoms with van der Waals surface area (Å²) in [5.74, 6) is -0.0893. The number of pyridine rings is 1. The van der Waals surface area contributed by atoms with E-state index in [9.17, 15) is 14.7 Å². The maximum Gasteiger partial charge on any atom is 0.259 e. The van der Waals surface area contributed by atoms with E-state index in [4.69, 9.17) is 4.74 Å². The third-order valence-electron chi connectivity index (χ3n) is 6.98. The van der Waals surface area contributed by atoms with E-state index in [0.717, 1.165) is 22.3 Å². The van der Waals surface area contributed by atoms with Crippen LogP contribution in [0.1, 0.15) is 35.3 Å². The van der Waals surface area contributed by atoms with Crippen LogP contribution in [0.15, 0.2) is 66.9 Å². The number of hydrogen-bond donors (Lipinski definition) is 1. The summed E-state index contributed by atoms with van der Waals surface area (Å²) in [5, 5.41) is 9.89. The molecule has 7 heteroatoms. The smallest absolute Gasteiger partial charge is 0.259 e. The van der Waals surface area contributed by atoms with E-state index < -0.39 is 0 Å². The normalized spacial score (nSPS) is 18.3. The predicted molar refractivity (Wildman–Crippen MR) is 143 cm³/mol. The minimum absolute atomic E-state index is 0.0105. The number of benzene rings is 2. The van der Waals surface area contributed by atoms with Crippen molar-refractivity contribution in [2.75, 3.05) is 26.7 Å². The molecule has 194 valence electrons. The van der Waals surface area contributed by atoms with Crippen molar-refractivity contribution < 1.29 is 19.4 Å². The lowest BCUT2D eigenvalue weighted by molar-refractivity contribution is -0.130. The maximum absolute atomic E-state index is 13.6. The molecule has 1 aromatic heterocycles. The van der Waals surface area contributed by atoms with Gasteiger partial charge in [0.1, 0.15) is 11.7 Å². The minimum atomic E-state index is -0.386. The highest BCUT2D eigenvalue weighted by atomic mass is 16.5. The molecule has 0 spiro atoms. The highest BCUT2D eigenvalue weighted by Crippen LogP contribution is 2.30. The standard InChI is InChI=1S/C30H35N3O4/c1-20-10-12-24(13-11-20)25-15-26-29(31-16-25)37-27(21(2)17-33(30(26)36)22(3)19-34)18-32(4)28(35)14-23-8-6-5-7-9-23/h5-13,15-16,21-22,27,34H,14,17-19H2,1-4H3/t21-,22-,27+/m1/s1. The van der Waals surface area contributed by atoms with Crippen LogP contribution in [0.25, 0.3) is 11.1 Å². The number of fused-ring (bicyclic) bond motifs is 1. The van der Waals surface area contributed by atoms with Gasteiger partial charge in [-0.05, 0) is 31.0 Å². The lowest BCUT2D eigenvalue weighted by Crippen LogP contribution is -2.50. The lowest BCUT2D eigenvalue weighted by Gasteiger charge is -2.37. The van der Waals surface area contributed by atoms with Gasteiger partial charge in [0, 0.05) is 31.3 Å². The molecule has 0 saturated carbocycles. The van der Waals surface area contributed by atoms with Gasteiger partial charge in [0.15, 0.2) is 0 Å². The van der Waals surface area contributed by atoms with Crippen molar-refractivity contribution >= 4 is 11.8 Å². The molecular formula is C30H35N3O4. The Morgan fingerprint density at radius 3 is 2.54 bits per heavy atom. The van der Waals surface area contributed by atoms with Crippen LogP contribution in [0.3, 0.4) is 0 Å². The molecule has 1 aliphatic rings. The van der Waals surface area contributed by atoms with Gasteiger partial charge in [-0.15, -0.1) is 0 Å². The number of carbonyl (C=O) groups is 2. The SMILES string of the molecule is Cc1ccc(-c2cnc3c(c2)C(=O)N([C@H](C)CO)C[C@@H](C)[C@H](CN(C)C(=O)Cc2ccccc2)O3)cc1. The Morgan fingerprint density at radius 2 is 1.86 bits per heavy atom. The van der Waals surface area contributed by atoms with Crippen LogP contribution < -0.4 is 4.74 Å². The van der Waals surface area contributed by atoms with E-state index in [1.54, 1.807) is 23.0 Å². The molecule has 2 amide bonds. The Balaban J connectivity index is 1.63. The van der Waals surface area contributed by atoms with E-state index in [1.807, 2.05) is 81.4 Å². The second-order valence-corrected chi connectivity index (χ2v) is 10.0. The number of amides is 2. The van der Waals surface area contributed by atoms with E-state index in [0.29, 0.717) is 25.1 Å². The van der Waals surface area contributed by atoms with Crippen LogP contribution in [0.2, 0.25) is 0 Å². The summed E-state index contributed by atoms with van der Waals surface area (Å²) in [4.78, 5) is 34.5. The molecule has 0 radical (unpaired) electrons. The van der Waals surface area contributed by atoms with E-state index in [1.165, 1.54) is 0 Å². The molecule has 3 atom stereocenters. The molecular weight excluding hydrogens is 466 g/mol. The molecule has 2 aromatic carbocycles. The van der Waals surface area contributed by atoms with Crippen LogP contribution in [0.4, 0.5) is 0 Å². The van der Waals surface area contributed by atoms with Crippen molar-refractivity contribution in [3.63, 3.8) is 0 Å². The van der Waals surface area contributed by atoms with Crippen molar-refractivity contribution in [1.82, 2.24) is 14.8 Å². The summed E-state index contributed by atoms with van der Waals surface area (Å²) < 4.78 is 6.35. The molecule has 2 heterocycles. The zero-order valence-electron chi connectivity index (χ0n) is 21.9. The van der Waals surface area contributed by atoms with Gasteiger partial charge in [0.2, 0.25) is 11.8 Å². The number of rotatable bonds is 7. The number of nitrogens with zero attached hydrogens (tertiary/aromatic N) is 3.